The molecule has 0 spiro atoms. The van der Waals surface area contributed by atoms with E-state index >= 15 is 0 Å². The van der Waals surface area contributed by atoms with E-state index in [9.17, 15) is 13.2 Å². The van der Waals surface area contributed by atoms with Crippen LogP contribution in [0.25, 0.3) is 11.4 Å². The molecule has 1 fully saturated rings. The zero-order valence-corrected chi connectivity index (χ0v) is 15.5. The monoisotopic (exact) mass is 375 g/mol. The Morgan fingerprint density at radius 3 is 2.58 bits per heavy atom. The number of carbonyl (C=O) groups excluding carboxylic acids is 1. The first-order valence-electron chi connectivity index (χ1n) is 8.34. The Kier molecular flexibility index (Phi) is 5.28. The van der Waals surface area contributed by atoms with Gasteiger partial charge in [0.15, 0.2) is 5.82 Å². The third kappa shape index (κ3) is 4.23. The number of piperidine rings is 1. The summed E-state index contributed by atoms with van der Waals surface area (Å²) in [6.45, 7) is 2.60. The molecule has 3 rings (SSSR count). The van der Waals surface area contributed by atoms with E-state index in [-0.39, 0.29) is 11.9 Å². The van der Waals surface area contributed by atoms with Crippen LogP contribution in [0.4, 0.5) is 0 Å². The fourth-order valence-corrected chi connectivity index (χ4v) is 3.79. The largest absolute Gasteiger partial charge is 0.349 e. The number of aryl methyl sites for hydroxylation is 1. The molecule has 138 valence electrons. The van der Waals surface area contributed by atoms with Gasteiger partial charge in [0.25, 0.3) is 5.91 Å². The first-order chi connectivity index (χ1) is 12.3. The van der Waals surface area contributed by atoms with Gasteiger partial charge < -0.3 is 5.32 Å². The molecule has 0 radical (unpaired) electrons. The first kappa shape index (κ1) is 18.4. The quantitative estimate of drug-likeness (QED) is 0.855. The number of carbonyl (C=O) groups is 1. The highest BCUT2D eigenvalue weighted by Crippen LogP contribution is 2.17. The SMILES string of the molecule is Cc1nc(-c2cccnc2)ncc1C(=O)NC1CCN(S(C)(=O)=O)CC1. The van der Waals surface area contributed by atoms with Crippen LogP contribution in [-0.2, 0) is 10.0 Å². The molecule has 3 heterocycles. The molecule has 1 N–H and O–H groups in total. The van der Waals surface area contributed by atoms with Crippen molar-refractivity contribution in [1.29, 1.82) is 0 Å². The maximum absolute atomic E-state index is 12.5. The minimum Gasteiger partial charge on any atom is -0.349 e. The van der Waals surface area contributed by atoms with Crippen LogP contribution in [0.2, 0.25) is 0 Å². The Balaban J connectivity index is 1.66. The Hall–Kier alpha value is -2.39. The molecular weight excluding hydrogens is 354 g/mol. The second-order valence-corrected chi connectivity index (χ2v) is 8.33. The molecular formula is C17H21N5O3S. The number of pyridine rings is 1. The number of nitrogens with one attached hydrogen (secondary N) is 1. The van der Waals surface area contributed by atoms with Crippen molar-refractivity contribution in [3.8, 4) is 11.4 Å². The molecule has 0 unspecified atom stereocenters. The molecule has 0 bridgehead atoms. The van der Waals surface area contributed by atoms with Crippen LogP contribution in [0.5, 0.6) is 0 Å². The highest BCUT2D eigenvalue weighted by Gasteiger charge is 2.26. The van der Waals surface area contributed by atoms with Gasteiger partial charge in [-0.3, -0.25) is 9.78 Å². The number of rotatable bonds is 4. The Bertz CT molecular complexity index is 894. The lowest BCUT2D eigenvalue weighted by Crippen LogP contribution is -2.46. The lowest BCUT2D eigenvalue weighted by molar-refractivity contribution is 0.0922. The maximum Gasteiger partial charge on any atom is 0.254 e. The molecule has 1 aliphatic heterocycles. The number of sulfonamides is 1. The number of hydrogen-bond acceptors (Lipinski definition) is 6. The summed E-state index contributed by atoms with van der Waals surface area (Å²) in [5.41, 5.74) is 1.80. The summed E-state index contributed by atoms with van der Waals surface area (Å²) in [6, 6.07) is 3.60. The van der Waals surface area contributed by atoms with Gasteiger partial charge in [0, 0.05) is 43.3 Å². The topological polar surface area (TPSA) is 105 Å². The number of amides is 1. The molecule has 1 saturated heterocycles. The Labute approximate surface area is 152 Å². The zero-order chi connectivity index (χ0) is 18.7. The predicted octanol–water partition coefficient (Wildman–Crippen LogP) is 1.00. The van der Waals surface area contributed by atoms with Crippen molar-refractivity contribution in [2.24, 2.45) is 0 Å². The van der Waals surface area contributed by atoms with Gasteiger partial charge in [0.2, 0.25) is 10.0 Å². The number of hydrogen-bond donors (Lipinski definition) is 1. The van der Waals surface area contributed by atoms with E-state index in [1.165, 1.54) is 16.8 Å². The molecule has 0 aliphatic carbocycles. The molecule has 1 aliphatic rings. The average Bonchev–Trinajstić information content (AvgIpc) is 2.62. The third-order valence-corrected chi connectivity index (χ3v) is 5.71. The maximum atomic E-state index is 12.5. The van der Waals surface area contributed by atoms with Gasteiger partial charge in [-0.05, 0) is 31.9 Å². The van der Waals surface area contributed by atoms with E-state index in [0.29, 0.717) is 43.0 Å². The van der Waals surface area contributed by atoms with E-state index in [0.717, 1.165) is 5.56 Å². The van der Waals surface area contributed by atoms with Gasteiger partial charge in [-0.15, -0.1) is 0 Å². The van der Waals surface area contributed by atoms with Crippen LogP contribution in [0.15, 0.2) is 30.7 Å². The normalized spacial score (nSPS) is 16.4. The van der Waals surface area contributed by atoms with Crippen LogP contribution in [0, 0.1) is 6.92 Å². The molecule has 2 aromatic heterocycles. The molecule has 0 atom stereocenters. The summed E-state index contributed by atoms with van der Waals surface area (Å²) >= 11 is 0. The summed E-state index contributed by atoms with van der Waals surface area (Å²) in [5.74, 6) is 0.284. The standard InChI is InChI=1S/C17H21N5O3S/c1-12-15(11-19-16(20-12)13-4-3-7-18-10-13)17(23)21-14-5-8-22(9-6-14)26(2,24)25/h3-4,7,10-11,14H,5-6,8-9H2,1-2H3,(H,21,23). The van der Waals surface area contributed by atoms with Gasteiger partial charge in [0.05, 0.1) is 17.5 Å². The molecule has 0 saturated carbocycles. The van der Waals surface area contributed by atoms with Gasteiger partial charge in [0.1, 0.15) is 0 Å². The molecule has 8 nitrogen and oxygen atoms in total. The van der Waals surface area contributed by atoms with Gasteiger partial charge in [-0.2, -0.15) is 0 Å². The molecule has 2 aromatic rings. The van der Waals surface area contributed by atoms with Gasteiger partial charge in [-0.25, -0.2) is 22.7 Å². The lowest BCUT2D eigenvalue weighted by Gasteiger charge is -2.30. The van der Waals surface area contributed by atoms with Crippen molar-refractivity contribution in [2.75, 3.05) is 19.3 Å². The lowest BCUT2D eigenvalue weighted by atomic mass is 10.1. The van der Waals surface area contributed by atoms with Gasteiger partial charge in [-0.1, -0.05) is 0 Å². The zero-order valence-electron chi connectivity index (χ0n) is 14.7. The second-order valence-electron chi connectivity index (χ2n) is 6.34. The first-order valence-corrected chi connectivity index (χ1v) is 10.2. The van der Waals surface area contributed by atoms with E-state index in [4.69, 9.17) is 0 Å². The highest BCUT2D eigenvalue weighted by molar-refractivity contribution is 7.88. The van der Waals surface area contributed by atoms with Crippen molar-refractivity contribution in [3.63, 3.8) is 0 Å². The average molecular weight is 375 g/mol. The molecule has 9 heteroatoms. The molecule has 1 amide bonds. The van der Waals surface area contributed by atoms with Crippen molar-refractivity contribution < 1.29 is 13.2 Å². The fraction of sp³-hybridized carbons (Fsp3) is 0.412. The smallest absolute Gasteiger partial charge is 0.254 e. The summed E-state index contributed by atoms with van der Waals surface area (Å²) in [4.78, 5) is 25.2. The van der Waals surface area contributed by atoms with Crippen LogP contribution >= 0.6 is 0 Å². The predicted molar refractivity (Wildman–Crippen MR) is 96.9 cm³/mol. The summed E-state index contributed by atoms with van der Waals surface area (Å²) in [6.07, 6.45) is 7.25. The van der Waals surface area contributed by atoms with Crippen molar-refractivity contribution in [1.82, 2.24) is 24.6 Å². The fourth-order valence-electron chi connectivity index (χ4n) is 2.92. The van der Waals surface area contributed by atoms with Crippen molar-refractivity contribution >= 4 is 15.9 Å². The van der Waals surface area contributed by atoms with Crippen LogP contribution < -0.4 is 5.32 Å². The van der Waals surface area contributed by atoms with Crippen molar-refractivity contribution in [3.05, 3.63) is 42.0 Å². The van der Waals surface area contributed by atoms with E-state index < -0.39 is 10.0 Å². The minimum atomic E-state index is -3.17. The highest BCUT2D eigenvalue weighted by atomic mass is 32.2. The summed E-state index contributed by atoms with van der Waals surface area (Å²) in [5, 5.41) is 2.95. The van der Waals surface area contributed by atoms with E-state index in [1.54, 1.807) is 25.4 Å². The Morgan fingerprint density at radius 1 is 1.27 bits per heavy atom. The van der Waals surface area contributed by atoms with E-state index in [2.05, 4.69) is 20.3 Å². The number of aromatic nitrogens is 3. The van der Waals surface area contributed by atoms with Crippen molar-refractivity contribution in [2.45, 2.75) is 25.8 Å². The van der Waals surface area contributed by atoms with Crippen LogP contribution in [0.1, 0.15) is 28.9 Å². The van der Waals surface area contributed by atoms with Gasteiger partial charge >= 0.3 is 0 Å². The second kappa shape index (κ2) is 7.46. The van der Waals surface area contributed by atoms with E-state index in [1.807, 2.05) is 6.07 Å². The minimum absolute atomic E-state index is 0.0575. The molecule has 0 aromatic carbocycles. The summed E-state index contributed by atoms with van der Waals surface area (Å²) in [7, 11) is -3.17. The molecule has 26 heavy (non-hydrogen) atoms. The Morgan fingerprint density at radius 2 is 2.00 bits per heavy atom. The van der Waals surface area contributed by atoms with Crippen LogP contribution in [-0.4, -0.2) is 59.0 Å². The van der Waals surface area contributed by atoms with Crippen LogP contribution in [0.3, 0.4) is 0 Å². The number of nitrogens with zero attached hydrogens (tertiary/aromatic N) is 4. The summed E-state index contributed by atoms with van der Waals surface area (Å²) < 4.78 is 24.5. The third-order valence-electron chi connectivity index (χ3n) is 4.40.